The summed E-state index contributed by atoms with van der Waals surface area (Å²) in [7, 11) is 0. The van der Waals surface area contributed by atoms with Gasteiger partial charge in [0, 0.05) is 11.7 Å². The topological polar surface area (TPSA) is 58.4 Å². The SMILES string of the molecule is CCCCN(C1CC1)C(C)C(=O)Nc1ccc(N)cc1Cl. The molecule has 0 bridgehead atoms. The lowest BCUT2D eigenvalue weighted by atomic mass is 10.2. The minimum absolute atomic E-state index is 0.00956. The molecule has 1 amide bonds. The number of nitrogens with one attached hydrogen (secondary N) is 1. The lowest BCUT2D eigenvalue weighted by molar-refractivity contribution is -0.121. The molecule has 1 aliphatic rings. The third-order valence-electron chi connectivity index (χ3n) is 3.91. The molecular formula is C16H24ClN3O. The number of halogens is 1. The van der Waals surface area contributed by atoms with Crippen molar-refractivity contribution in [1.29, 1.82) is 0 Å². The molecule has 1 aromatic carbocycles. The van der Waals surface area contributed by atoms with E-state index in [4.69, 9.17) is 17.3 Å². The summed E-state index contributed by atoms with van der Waals surface area (Å²) in [6.45, 7) is 5.11. The molecule has 0 aliphatic heterocycles. The van der Waals surface area contributed by atoms with Crippen LogP contribution in [0.2, 0.25) is 5.02 Å². The van der Waals surface area contributed by atoms with E-state index in [1.807, 2.05) is 6.92 Å². The number of carbonyl (C=O) groups is 1. The molecule has 0 radical (unpaired) electrons. The highest BCUT2D eigenvalue weighted by molar-refractivity contribution is 6.34. The van der Waals surface area contributed by atoms with Crippen LogP contribution < -0.4 is 11.1 Å². The fourth-order valence-electron chi connectivity index (χ4n) is 2.46. The fourth-order valence-corrected chi connectivity index (χ4v) is 2.70. The van der Waals surface area contributed by atoms with Crippen LogP contribution in [0.5, 0.6) is 0 Å². The normalized spacial score (nSPS) is 16.0. The lowest BCUT2D eigenvalue weighted by Gasteiger charge is -2.28. The maximum atomic E-state index is 12.4. The first-order chi connectivity index (χ1) is 10.0. The average molecular weight is 310 g/mol. The van der Waals surface area contributed by atoms with Crippen LogP contribution in [0.3, 0.4) is 0 Å². The summed E-state index contributed by atoms with van der Waals surface area (Å²) in [5, 5.41) is 3.38. The first-order valence-electron chi connectivity index (χ1n) is 7.64. The molecular weight excluding hydrogens is 286 g/mol. The third-order valence-corrected chi connectivity index (χ3v) is 4.23. The van der Waals surface area contributed by atoms with Crippen LogP contribution in [0.1, 0.15) is 39.5 Å². The van der Waals surface area contributed by atoms with Crippen LogP contribution in [0, 0.1) is 0 Å². The van der Waals surface area contributed by atoms with Crippen molar-refractivity contribution in [2.75, 3.05) is 17.6 Å². The summed E-state index contributed by atoms with van der Waals surface area (Å²) < 4.78 is 0. The number of anilines is 2. The van der Waals surface area contributed by atoms with E-state index < -0.39 is 0 Å². The second-order valence-electron chi connectivity index (χ2n) is 5.73. The third kappa shape index (κ3) is 4.35. The molecule has 116 valence electrons. The van der Waals surface area contributed by atoms with Gasteiger partial charge in [-0.15, -0.1) is 0 Å². The molecule has 1 unspecified atom stereocenters. The zero-order chi connectivity index (χ0) is 15.4. The van der Waals surface area contributed by atoms with Crippen LogP contribution in [0.15, 0.2) is 18.2 Å². The highest BCUT2D eigenvalue weighted by Crippen LogP contribution is 2.30. The Morgan fingerprint density at radius 3 is 2.81 bits per heavy atom. The Balaban J connectivity index is 2.00. The van der Waals surface area contributed by atoms with Crippen LogP contribution in [0.25, 0.3) is 0 Å². The van der Waals surface area contributed by atoms with Gasteiger partial charge in [0.15, 0.2) is 0 Å². The summed E-state index contributed by atoms with van der Waals surface area (Å²) in [4.78, 5) is 14.8. The highest BCUT2D eigenvalue weighted by Gasteiger charge is 2.34. The van der Waals surface area contributed by atoms with Gasteiger partial charge in [-0.05, 0) is 50.9 Å². The summed E-state index contributed by atoms with van der Waals surface area (Å²) in [6.07, 6.45) is 4.66. The van der Waals surface area contributed by atoms with Gasteiger partial charge < -0.3 is 11.1 Å². The Labute approximate surface area is 131 Å². The molecule has 1 saturated carbocycles. The van der Waals surface area contributed by atoms with Crippen molar-refractivity contribution in [2.45, 2.75) is 51.6 Å². The summed E-state index contributed by atoms with van der Waals surface area (Å²) >= 11 is 6.11. The van der Waals surface area contributed by atoms with E-state index in [1.165, 1.54) is 12.8 Å². The number of benzene rings is 1. The molecule has 0 spiro atoms. The molecule has 0 heterocycles. The van der Waals surface area contributed by atoms with Gasteiger partial charge in [0.2, 0.25) is 5.91 Å². The largest absolute Gasteiger partial charge is 0.399 e. The average Bonchev–Trinajstić information content (AvgIpc) is 3.26. The number of nitrogens with two attached hydrogens (primary N) is 1. The summed E-state index contributed by atoms with van der Waals surface area (Å²) in [5.74, 6) is -0.00956. The predicted octanol–water partition coefficient (Wildman–Crippen LogP) is 3.51. The van der Waals surface area contributed by atoms with Gasteiger partial charge in [0.05, 0.1) is 16.8 Å². The Hall–Kier alpha value is -1.26. The van der Waals surface area contributed by atoms with Gasteiger partial charge in [-0.3, -0.25) is 9.69 Å². The van der Waals surface area contributed by atoms with E-state index in [2.05, 4.69) is 17.1 Å². The van der Waals surface area contributed by atoms with E-state index in [1.54, 1.807) is 18.2 Å². The maximum absolute atomic E-state index is 12.4. The maximum Gasteiger partial charge on any atom is 0.241 e. The first-order valence-corrected chi connectivity index (χ1v) is 8.02. The van der Waals surface area contributed by atoms with E-state index >= 15 is 0 Å². The number of hydrogen-bond acceptors (Lipinski definition) is 3. The smallest absolute Gasteiger partial charge is 0.241 e. The number of nitrogen functional groups attached to an aromatic ring is 1. The number of hydrogen-bond donors (Lipinski definition) is 2. The second-order valence-corrected chi connectivity index (χ2v) is 6.13. The van der Waals surface area contributed by atoms with Crippen LogP contribution in [0.4, 0.5) is 11.4 Å². The van der Waals surface area contributed by atoms with Crippen molar-refractivity contribution in [2.24, 2.45) is 0 Å². The van der Waals surface area contributed by atoms with Crippen LogP contribution in [-0.2, 0) is 4.79 Å². The molecule has 0 aromatic heterocycles. The summed E-state index contributed by atoms with van der Waals surface area (Å²) in [5.41, 5.74) is 6.87. The fraction of sp³-hybridized carbons (Fsp3) is 0.562. The monoisotopic (exact) mass is 309 g/mol. The second kappa shape index (κ2) is 7.14. The van der Waals surface area contributed by atoms with Gasteiger partial charge in [-0.25, -0.2) is 0 Å². The van der Waals surface area contributed by atoms with Gasteiger partial charge in [-0.2, -0.15) is 0 Å². The quantitative estimate of drug-likeness (QED) is 0.758. The zero-order valence-corrected chi connectivity index (χ0v) is 13.5. The molecule has 1 aromatic rings. The molecule has 2 rings (SSSR count). The molecule has 1 fully saturated rings. The lowest BCUT2D eigenvalue weighted by Crippen LogP contribution is -2.43. The van der Waals surface area contributed by atoms with Crippen molar-refractivity contribution in [3.8, 4) is 0 Å². The van der Waals surface area contributed by atoms with Gasteiger partial charge in [0.1, 0.15) is 0 Å². The number of amides is 1. The molecule has 5 heteroatoms. The summed E-state index contributed by atoms with van der Waals surface area (Å²) in [6, 6.07) is 5.56. The standard InChI is InChI=1S/C16H24ClN3O/c1-3-4-9-20(13-6-7-13)11(2)16(21)19-15-8-5-12(18)10-14(15)17/h5,8,10-11,13H,3-4,6-7,9,18H2,1-2H3,(H,19,21). The van der Waals surface area contributed by atoms with E-state index in [0.29, 0.717) is 22.4 Å². The zero-order valence-electron chi connectivity index (χ0n) is 12.7. The van der Waals surface area contributed by atoms with Crippen molar-refractivity contribution >= 4 is 28.9 Å². The Bertz CT molecular complexity index is 502. The van der Waals surface area contributed by atoms with Crippen molar-refractivity contribution in [1.82, 2.24) is 4.90 Å². The van der Waals surface area contributed by atoms with Crippen LogP contribution >= 0.6 is 11.6 Å². The minimum Gasteiger partial charge on any atom is -0.399 e. The van der Waals surface area contributed by atoms with Crippen LogP contribution in [-0.4, -0.2) is 29.4 Å². The van der Waals surface area contributed by atoms with Gasteiger partial charge in [-0.1, -0.05) is 24.9 Å². The minimum atomic E-state index is -0.141. The van der Waals surface area contributed by atoms with Gasteiger partial charge in [0.25, 0.3) is 0 Å². The number of nitrogens with zero attached hydrogens (tertiary/aromatic N) is 1. The first kappa shape index (κ1) is 16.1. The Morgan fingerprint density at radius 1 is 1.52 bits per heavy atom. The Kier molecular flexibility index (Phi) is 5.48. The number of rotatable bonds is 7. The van der Waals surface area contributed by atoms with E-state index in [0.717, 1.165) is 19.4 Å². The van der Waals surface area contributed by atoms with E-state index in [-0.39, 0.29) is 11.9 Å². The van der Waals surface area contributed by atoms with E-state index in [9.17, 15) is 4.79 Å². The number of carbonyl (C=O) groups excluding carboxylic acids is 1. The van der Waals surface area contributed by atoms with Crippen molar-refractivity contribution in [3.63, 3.8) is 0 Å². The molecule has 1 atom stereocenters. The highest BCUT2D eigenvalue weighted by atomic mass is 35.5. The molecule has 1 aliphatic carbocycles. The number of unbranched alkanes of at least 4 members (excludes halogenated alkanes) is 1. The predicted molar refractivity (Wildman–Crippen MR) is 88.6 cm³/mol. The molecule has 0 saturated heterocycles. The Morgan fingerprint density at radius 2 is 2.24 bits per heavy atom. The molecule has 3 N–H and O–H groups in total. The van der Waals surface area contributed by atoms with Crippen molar-refractivity contribution < 1.29 is 4.79 Å². The molecule has 21 heavy (non-hydrogen) atoms. The van der Waals surface area contributed by atoms with Gasteiger partial charge >= 0.3 is 0 Å². The van der Waals surface area contributed by atoms with Crippen molar-refractivity contribution in [3.05, 3.63) is 23.2 Å². The molecule has 4 nitrogen and oxygen atoms in total.